The summed E-state index contributed by atoms with van der Waals surface area (Å²) in [5.41, 5.74) is 1.13. The van der Waals surface area contributed by atoms with Gasteiger partial charge in [0.25, 0.3) is 0 Å². The Bertz CT molecular complexity index is 334. The molecule has 0 fully saturated rings. The summed E-state index contributed by atoms with van der Waals surface area (Å²) in [5.74, 6) is 0. The Hall–Kier alpha value is -0.870. The topological polar surface area (TPSA) is 39.1 Å². The van der Waals surface area contributed by atoms with Crippen molar-refractivity contribution in [2.24, 2.45) is 0 Å². The molecule has 0 aliphatic heterocycles. The van der Waals surface area contributed by atoms with Gasteiger partial charge in [-0.1, -0.05) is 6.92 Å². The number of aromatic nitrogens is 2. The summed E-state index contributed by atoms with van der Waals surface area (Å²) in [6.07, 6.45) is 3.24. The van der Waals surface area contributed by atoms with Crippen molar-refractivity contribution in [3.63, 3.8) is 0 Å². The van der Waals surface area contributed by atoms with E-state index < -0.39 is 0 Å². The van der Waals surface area contributed by atoms with E-state index in [2.05, 4.69) is 51.1 Å². The number of rotatable bonds is 8. The maximum Gasteiger partial charge on any atom is 0.0641 e. The SMILES string of the molecule is CCNC(COC(C)C)Cc1ccn(C(C)C)n1. The molecule has 18 heavy (non-hydrogen) atoms. The molecule has 1 N–H and O–H groups in total. The second-order valence-electron chi connectivity index (χ2n) is 5.22. The zero-order valence-corrected chi connectivity index (χ0v) is 12.3. The summed E-state index contributed by atoms with van der Waals surface area (Å²) in [5, 5.41) is 8.03. The van der Waals surface area contributed by atoms with Crippen LogP contribution in [0.15, 0.2) is 12.3 Å². The summed E-state index contributed by atoms with van der Waals surface area (Å²) < 4.78 is 7.69. The van der Waals surface area contributed by atoms with Crippen LogP contribution in [-0.4, -0.2) is 35.1 Å². The van der Waals surface area contributed by atoms with Crippen LogP contribution in [0.4, 0.5) is 0 Å². The molecule has 0 bridgehead atoms. The monoisotopic (exact) mass is 253 g/mol. The van der Waals surface area contributed by atoms with Gasteiger partial charge in [-0.15, -0.1) is 0 Å². The Labute approximate surface area is 111 Å². The van der Waals surface area contributed by atoms with Gasteiger partial charge < -0.3 is 10.1 Å². The summed E-state index contributed by atoms with van der Waals surface area (Å²) in [4.78, 5) is 0. The number of nitrogens with zero attached hydrogens (tertiary/aromatic N) is 2. The van der Waals surface area contributed by atoms with Gasteiger partial charge in [-0.05, 0) is 40.3 Å². The lowest BCUT2D eigenvalue weighted by atomic mass is 10.1. The molecule has 4 heteroatoms. The Kier molecular flexibility index (Phi) is 6.36. The Balaban J connectivity index is 2.52. The molecule has 4 nitrogen and oxygen atoms in total. The Morgan fingerprint density at radius 1 is 1.33 bits per heavy atom. The molecule has 1 unspecified atom stereocenters. The van der Waals surface area contributed by atoms with Crippen LogP contribution in [0.5, 0.6) is 0 Å². The van der Waals surface area contributed by atoms with Crippen LogP contribution in [0.3, 0.4) is 0 Å². The predicted molar refractivity (Wildman–Crippen MR) is 74.9 cm³/mol. The molecule has 0 spiro atoms. The van der Waals surface area contributed by atoms with Gasteiger partial charge in [0.05, 0.1) is 18.4 Å². The van der Waals surface area contributed by atoms with Crippen molar-refractivity contribution in [3.8, 4) is 0 Å². The van der Waals surface area contributed by atoms with Crippen molar-refractivity contribution in [1.82, 2.24) is 15.1 Å². The van der Waals surface area contributed by atoms with Crippen molar-refractivity contribution >= 4 is 0 Å². The van der Waals surface area contributed by atoms with Crippen molar-refractivity contribution in [2.45, 2.75) is 59.2 Å². The lowest BCUT2D eigenvalue weighted by Gasteiger charge is -2.18. The molecule has 1 aromatic heterocycles. The second-order valence-corrected chi connectivity index (χ2v) is 5.22. The molecule has 0 saturated heterocycles. The fourth-order valence-electron chi connectivity index (χ4n) is 1.81. The van der Waals surface area contributed by atoms with Crippen LogP contribution in [0, 0.1) is 0 Å². The molecule has 1 heterocycles. The molecule has 0 radical (unpaired) electrons. The average molecular weight is 253 g/mol. The zero-order chi connectivity index (χ0) is 13.5. The molecular weight excluding hydrogens is 226 g/mol. The first-order valence-electron chi connectivity index (χ1n) is 6.92. The van der Waals surface area contributed by atoms with Crippen molar-refractivity contribution in [1.29, 1.82) is 0 Å². The van der Waals surface area contributed by atoms with Crippen LogP contribution in [0.1, 0.15) is 46.4 Å². The van der Waals surface area contributed by atoms with Gasteiger partial charge in [-0.2, -0.15) is 5.10 Å². The van der Waals surface area contributed by atoms with Gasteiger partial charge in [0, 0.05) is 24.7 Å². The van der Waals surface area contributed by atoms with E-state index in [1.165, 1.54) is 0 Å². The molecule has 1 rings (SSSR count). The Morgan fingerprint density at radius 3 is 2.56 bits per heavy atom. The van der Waals surface area contributed by atoms with Crippen LogP contribution in [0.25, 0.3) is 0 Å². The molecule has 1 atom stereocenters. The molecule has 0 aliphatic rings. The number of hydrogen-bond donors (Lipinski definition) is 1. The van der Waals surface area contributed by atoms with E-state index in [0.717, 1.165) is 25.3 Å². The standard InChI is InChI=1S/C14H27N3O/c1-6-15-14(10-18-12(4)5)9-13-7-8-17(16-13)11(2)3/h7-8,11-12,14-15H,6,9-10H2,1-5H3. The third-order valence-electron chi connectivity index (χ3n) is 2.77. The third kappa shape index (κ3) is 5.19. The molecule has 0 saturated carbocycles. The maximum absolute atomic E-state index is 5.69. The summed E-state index contributed by atoms with van der Waals surface area (Å²) in [6, 6.07) is 2.86. The fraction of sp³-hybridized carbons (Fsp3) is 0.786. The molecule has 104 valence electrons. The first-order valence-corrected chi connectivity index (χ1v) is 6.92. The highest BCUT2D eigenvalue weighted by molar-refractivity contribution is 5.02. The van der Waals surface area contributed by atoms with Gasteiger partial charge in [-0.3, -0.25) is 4.68 Å². The maximum atomic E-state index is 5.69. The van der Waals surface area contributed by atoms with Crippen molar-refractivity contribution < 1.29 is 4.74 Å². The Morgan fingerprint density at radius 2 is 2.06 bits per heavy atom. The smallest absolute Gasteiger partial charge is 0.0641 e. The van der Waals surface area contributed by atoms with Crippen molar-refractivity contribution in [3.05, 3.63) is 18.0 Å². The van der Waals surface area contributed by atoms with E-state index in [1.54, 1.807) is 0 Å². The number of likely N-dealkylation sites (N-methyl/N-ethyl adjacent to an activating group) is 1. The molecule has 0 aromatic carbocycles. The largest absolute Gasteiger partial charge is 0.377 e. The predicted octanol–water partition coefficient (Wildman–Crippen LogP) is 2.41. The van der Waals surface area contributed by atoms with E-state index in [1.807, 2.05) is 10.9 Å². The van der Waals surface area contributed by atoms with E-state index >= 15 is 0 Å². The van der Waals surface area contributed by atoms with Crippen LogP contribution in [-0.2, 0) is 11.2 Å². The summed E-state index contributed by atoms with van der Waals surface area (Å²) in [7, 11) is 0. The van der Waals surface area contributed by atoms with E-state index in [-0.39, 0.29) is 6.10 Å². The fourth-order valence-corrected chi connectivity index (χ4v) is 1.81. The number of hydrogen-bond acceptors (Lipinski definition) is 3. The number of ether oxygens (including phenoxy) is 1. The van der Waals surface area contributed by atoms with Gasteiger partial charge in [0.1, 0.15) is 0 Å². The van der Waals surface area contributed by atoms with Crippen molar-refractivity contribution in [2.75, 3.05) is 13.2 Å². The normalized spacial score (nSPS) is 13.5. The summed E-state index contributed by atoms with van der Waals surface area (Å²) >= 11 is 0. The zero-order valence-electron chi connectivity index (χ0n) is 12.3. The molecule has 0 amide bonds. The van der Waals surface area contributed by atoms with Crippen LogP contribution < -0.4 is 5.32 Å². The molecule has 0 aliphatic carbocycles. The van der Waals surface area contributed by atoms with Gasteiger partial charge in [0.2, 0.25) is 0 Å². The van der Waals surface area contributed by atoms with Gasteiger partial charge in [0.15, 0.2) is 0 Å². The second kappa shape index (κ2) is 7.54. The highest BCUT2D eigenvalue weighted by Gasteiger charge is 2.12. The van der Waals surface area contributed by atoms with E-state index in [9.17, 15) is 0 Å². The van der Waals surface area contributed by atoms with Crippen LogP contribution in [0.2, 0.25) is 0 Å². The molecule has 1 aromatic rings. The average Bonchev–Trinajstić information content (AvgIpc) is 2.75. The van der Waals surface area contributed by atoms with Gasteiger partial charge >= 0.3 is 0 Å². The van der Waals surface area contributed by atoms with E-state index in [4.69, 9.17) is 4.74 Å². The first-order chi connectivity index (χ1) is 8.52. The quantitative estimate of drug-likeness (QED) is 0.773. The first kappa shape index (κ1) is 15.2. The van der Waals surface area contributed by atoms with Crippen LogP contribution >= 0.6 is 0 Å². The lowest BCUT2D eigenvalue weighted by Crippen LogP contribution is -2.36. The molecular formula is C14H27N3O. The highest BCUT2D eigenvalue weighted by atomic mass is 16.5. The third-order valence-corrected chi connectivity index (χ3v) is 2.77. The minimum atomic E-state index is 0.277. The highest BCUT2D eigenvalue weighted by Crippen LogP contribution is 2.07. The number of nitrogens with one attached hydrogen (secondary N) is 1. The van der Waals surface area contributed by atoms with E-state index in [0.29, 0.717) is 12.1 Å². The minimum Gasteiger partial charge on any atom is -0.377 e. The summed E-state index contributed by atoms with van der Waals surface area (Å²) in [6.45, 7) is 12.2. The minimum absolute atomic E-state index is 0.277. The van der Waals surface area contributed by atoms with Gasteiger partial charge in [-0.25, -0.2) is 0 Å². The lowest BCUT2D eigenvalue weighted by molar-refractivity contribution is 0.0614.